The molecule has 5 heteroatoms. The normalized spacial score (nSPS) is 23.6. The number of amides is 1. The number of halogens is 1. The SMILES string of the molecule is CS.Cc1c(F)ccc(C2CC2C(=O)N2CCCC(N)CC2)c1-c1ccccc1. The van der Waals surface area contributed by atoms with E-state index in [2.05, 4.69) is 12.6 Å². The van der Waals surface area contributed by atoms with E-state index in [1.54, 1.807) is 12.3 Å². The maximum atomic E-state index is 14.3. The van der Waals surface area contributed by atoms with Crippen LogP contribution >= 0.6 is 12.6 Å². The number of nitrogens with zero attached hydrogens (tertiary/aromatic N) is 1. The smallest absolute Gasteiger partial charge is 0.226 e. The van der Waals surface area contributed by atoms with Crippen LogP contribution in [0.1, 0.15) is 42.7 Å². The molecule has 1 amide bonds. The molecule has 2 N–H and O–H groups in total. The van der Waals surface area contributed by atoms with Crippen LogP contribution in [0, 0.1) is 18.7 Å². The summed E-state index contributed by atoms with van der Waals surface area (Å²) < 4.78 is 14.3. The van der Waals surface area contributed by atoms with Crippen LogP contribution in [-0.2, 0) is 4.79 Å². The Morgan fingerprint density at radius 3 is 2.55 bits per heavy atom. The second-order valence-corrected chi connectivity index (χ2v) is 7.97. The number of nitrogens with two attached hydrogens (primary N) is 1. The number of rotatable bonds is 3. The summed E-state index contributed by atoms with van der Waals surface area (Å²) in [6, 6.07) is 13.6. The van der Waals surface area contributed by atoms with Gasteiger partial charge in [-0.3, -0.25) is 4.79 Å². The first-order valence-electron chi connectivity index (χ1n) is 10.4. The van der Waals surface area contributed by atoms with Gasteiger partial charge in [0.15, 0.2) is 0 Å². The monoisotopic (exact) mass is 414 g/mol. The molecule has 156 valence electrons. The molecular weight excluding hydrogens is 383 g/mol. The highest BCUT2D eigenvalue weighted by atomic mass is 32.1. The third-order valence-corrected chi connectivity index (χ3v) is 6.09. The van der Waals surface area contributed by atoms with Crippen molar-refractivity contribution in [1.29, 1.82) is 0 Å². The summed E-state index contributed by atoms with van der Waals surface area (Å²) in [5.41, 5.74) is 9.78. The van der Waals surface area contributed by atoms with Crippen molar-refractivity contribution in [2.75, 3.05) is 19.3 Å². The van der Waals surface area contributed by atoms with Crippen LogP contribution < -0.4 is 5.73 Å². The Morgan fingerprint density at radius 2 is 1.83 bits per heavy atom. The number of hydrogen-bond acceptors (Lipinski definition) is 3. The van der Waals surface area contributed by atoms with Crippen molar-refractivity contribution >= 4 is 18.5 Å². The summed E-state index contributed by atoms with van der Waals surface area (Å²) in [7, 11) is 0. The van der Waals surface area contributed by atoms with E-state index in [0.717, 1.165) is 55.5 Å². The second kappa shape index (κ2) is 9.77. The molecule has 0 spiro atoms. The fourth-order valence-electron chi connectivity index (χ4n) is 4.39. The van der Waals surface area contributed by atoms with Crippen molar-refractivity contribution < 1.29 is 9.18 Å². The van der Waals surface area contributed by atoms with Crippen LogP contribution in [-0.4, -0.2) is 36.2 Å². The molecule has 29 heavy (non-hydrogen) atoms. The first kappa shape index (κ1) is 21.8. The van der Waals surface area contributed by atoms with Crippen molar-refractivity contribution in [2.24, 2.45) is 11.7 Å². The third-order valence-electron chi connectivity index (χ3n) is 6.09. The highest BCUT2D eigenvalue weighted by molar-refractivity contribution is 7.79. The van der Waals surface area contributed by atoms with Gasteiger partial charge in [-0.1, -0.05) is 36.4 Å². The Morgan fingerprint density at radius 1 is 1.10 bits per heavy atom. The zero-order chi connectivity index (χ0) is 21.0. The Kier molecular flexibility index (Phi) is 7.36. The molecular formula is C24H31FN2OS. The summed E-state index contributed by atoms with van der Waals surface area (Å²) >= 11 is 3.53. The molecule has 2 aliphatic rings. The van der Waals surface area contributed by atoms with Gasteiger partial charge in [0.25, 0.3) is 0 Å². The average molecular weight is 415 g/mol. The fraction of sp³-hybridized carbons (Fsp3) is 0.458. The lowest BCUT2D eigenvalue weighted by atomic mass is 9.91. The van der Waals surface area contributed by atoms with Crippen molar-refractivity contribution in [1.82, 2.24) is 4.90 Å². The molecule has 1 saturated carbocycles. The molecule has 1 saturated heterocycles. The standard InChI is InChI=1S/C23H27FN2O.CH4S/c1-15-21(24)10-9-18(22(15)16-6-3-2-4-7-16)19-14-20(19)23(27)26-12-5-8-17(25)11-13-26;1-2/h2-4,6-7,9-10,17,19-20H,5,8,11-14,25H2,1H3;2H,1H3. The van der Waals surface area contributed by atoms with Gasteiger partial charge in [0.1, 0.15) is 5.82 Å². The van der Waals surface area contributed by atoms with Crippen LogP contribution in [0.25, 0.3) is 11.1 Å². The highest BCUT2D eigenvalue weighted by Crippen LogP contribution is 2.52. The van der Waals surface area contributed by atoms with Crippen molar-refractivity contribution in [3.8, 4) is 11.1 Å². The van der Waals surface area contributed by atoms with Gasteiger partial charge in [-0.05, 0) is 73.1 Å². The molecule has 1 aliphatic heterocycles. The third kappa shape index (κ3) is 4.84. The fourth-order valence-corrected chi connectivity index (χ4v) is 4.39. The van der Waals surface area contributed by atoms with Gasteiger partial charge in [-0.15, -0.1) is 0 Å². The molecule has 2 fully saturated rings. The van der Waals surface area contributed by atoms with Crippen molar-refractivity contribution in [3.05, 3.63) is 59.4 Å². The lowest BCUT2D eigenvalue weighted by Crippen LogP contribution is -2.34. The van der Waals surface area contributed by atoms with E-state index in [-0.39, 0.29) is 29.6 Å². The van der Waals surface area contributed by atoms with Gasteiger partial charge >= 0.3 is 0 Å². The molecule has 1 aliphatic carbocycles. The predicted octanol–water partition coefficient (Wildman–Crippen LogP) is 4.79. The minimum absolute atomic E-state index is 0.0200. The zero-order valence-electron chi connectivity index (χ0n) is 17.3. The summed E-state index contributed by atoms with van der Waals surface area (Å²) in [6.07, 6.45) is 5.41. The van der Waals surface area contributed by atoms with Crippen LogP contribution in [0.2, 0.25) is 0 Å². The van der Waals surface area contributed by atoms with Crippen molar-refractivity contribution in [2.45, 2.75) is 44.6 Å². The van der Waals surface area contributed by atoms with Gasteiger partial charge in [0, 0.05) is 25.0 Å². The quantitative estimate of drug-likeness (QED) is 0.710. The summed E-state index contributed by atoms with van der Waals surface area (Å²) in [6.45, 7) is 3.40. The summed E-state index contributed by atoms with van der Waals surface area (Å²) in [5, 5.41) is 0. The number of benzene rings is 2. The Labute approximate surface area is 178 Å². The molecule has 0 bridgehead atoms. The average Bonchev–Trinajstić information content (AvgIpc) is 3.56. The second-order valence-electron chi connectivity index (χ2n) is 7.97. The van der Waals surface area contributed by atoms with Crippen LogP contribution in [0.3, 0.4) is 0 Å². The lowest BCUT2D eigenvalue weighted by molar-refractivity contribution is -0.132. The maximum absolute atomic E-state index is 14.3. The number of likely N-dealkylation sites (tertiary alicyclic amines) is 1. The zero-order valence-corrected chi connectivity index (χ0v) is 18.2. The van der Waals surface area contributed by atoms with Gasteiger partial charge in [-0.2, -0.15) is 12.6 Å². The Bertz CT molecular complexity index is 842. The topological polar surface area (TPSA) is 46.3 Å². The number of carbonyl (C=O) groups excluding carboxylic acids is 1. The van der Waals surface area contributed by atoms with Gasteiger partial charge in [0.05, 0.1) is 0 Å². The van der Waals surface area contributed by atoms with E-state index in [9.17, 15) is 9.18 Å². The molecule has 1 heterocycles. The van der Waals surface area contributed by atoms with Gasteiger partial charge in [-0.25, -0.2) is 4.39 Å². The first-order valence-corrected chi connectivity index (χ1v) is 11.3. The molecule has 2 aromatic rings. The number of hydrogen-bond donors (Lipinski definition) is 2. The van der Waals surface area contributed by atoms with E-state index in [0.29, 0.717) is 5.56 Å². The Hall–Kier alpha value is -1.85. The Balaban J connectivity index is 0.00000117. The molecule has 3 unspecified atom stereocenters. The largest absolute Gasteiger partial charge is 0.342 e. The molecule has 3 atom stereocenters. The van der Waals surface area contributed by atoms with Crippen LogP contribution in [0.4, 0.5) is 4.39 Å². The number of thiol groups is 1. The molecule has 4 rings (SSSR count). The lowest BCUT2D eigenvalue weighted by Gasteiger charge is -2.21. The van der Waals surface area contributed by atoms with E-state index in [4.69, 9.17) is 5.73 Å². The van der Waals surface area contributed by atoms with Crippen molar-refractivity contribution in [3.63, 3.8) is 0 Å². The highest BCUT2D eigenvalue weighted by Gasteiger charge is 2.47. The molecule has 0 aromatic heterocycles. The predicted molar refractivity (Wildman–Crippen MR) is 121 cm³/mol. The maximum Gasteiger partial charge on any atom is 0.226 e. The molecule has 0 radical (unpaired) electrons. The summed E-state index contributed by atoms with van der Waals surface area (Å²) in [5.74, 6) is 0.258. The minimum Gasteiger partial charge on any atom is -0.342 e. The van der Waals surface area contributed by atoms with E-state index >= 15 is 0 Å². The molecule has 2 aromatic carbocycles. The van der Waals surface area contributed by atoms with Crippen LogP contribution in [0.15, 0.2) is 42.5 Å². The molecule has 3 nitrogen and oxygen atoms in total. The number of carbonyl (C=O) groups is 1. The summed E-state index contributed by atoms with van der Waals surface area (Å²) in [4.78, 5) is 15.0. The van der Waals surface area contributed by atoms with E-state index in [1.165, 1.54) is 0 Å². The van der Waals surface area contributed by atoms with E-state index < -0.39 is 0 Å². The first-order chi connectivity index (χ1) is 14.1. The minimum atomic E-state index is -0.192. The van der Waals surface area contributed by atoms with E-state index in [1.807, 2.05) is 48.2 Å². The van der Waals surface area contributed by atoms with Crippen LogP contribution in [0.5, 0.6) is 0 Å². The van der Waals surface area contributed by atoms with Gasteiger partial charge in [0.2, 0.25) is 5.91 Å². The van der Waals surface area contributed by atoms with Gasteiger partial charge < -0.3 is 10.6 Å².